The van der Waals surface area contributed by atoms with Gasteiger partial charge in [-0.3, -0.25) is 0 Å². The average molecular weight is 317 g/mol. The van der Waals surface area contributed by atoms with Gasteiger partial charge in [0.2, 0.25) is 0 Å². The van der Waals surface area contributed by atoms with Crippen LogP contribution in [-0.4, -0.2) is 9.36 Å². The molecule has 0 N–H and O–H groups in total. The van der Waals surface area contributed by atoms with E-state index in [4.69, 9.17) is 0 Å². The van der Waals surface area contributed by atoms with Crippen molar-refractivity contribution in [2.45, 2.75) is 0 Å². The molecule has 0 saturated carbocycles. The molecule has 0 fully saturated rings. The summed E-state index contributed by atoms with van der Waals surface area (Å²) in [4.78, 5) is 4.58. The Morgan fingerprint density at radius 2 is 1.67 bits per heavy atom. The lowest BCUT2D eigenvalue weighted by Gasteiger charge is -1.96. The van der Waals surface area contributed by atoms with Crippen LogP contribution in [0.15, 0.2) is 59.1 Å². The van der Waals surface area contributed by atoms with Gasteiger partial charge in [-0.2, -0.15) is 4.37 Å². The predicted molar refractivity (Wildman–Crippen MR) is 78.5 cm³/mol. The van der Waals surface area contributed by atoms with E-state index in [1.807, 2.05) is 54.6 Å². The van der Waals surface area contributed by atoms with Gasteiger partial charge >= 0.3 is 0 Å². The molecule has 18 heavy (non-hydrogen) atoms. The zero-order chi connectivity index (χ0) is 12.4. The minimum absolute atomic E-state index is 0.778. The second-order valence-corrected chi connectivity index (χ2v) is 5.47. The molecule has 1 heterocycles. The SMILES string of the molecule is Brc1cccc(-c2nsc(-c3ccccc3)n2)c1. The van der Waals surface area contributed by atoms with E-state index in [0.29, 0.717) is 0 Å². The Labute approximate surface area is 118 Å². The van der Waals surface area contributed by atoms with Gasteiger partial charge < -0.3 is 0 Å². The Morgan fingerprint density at radius 1 is 0.889 bits per heavy atom. The van der Waals surface area contributed by atoms with Crippen molar-refractivity contribution < 1.29 is 0 Å². The van der Waals surface area contributed by atoms with Gasteiger partial charge in [0.1, 0.15) is 5.01 Å². The summed E-state index contributed by atoms with van der Waals surface area (Å²) < 4.78 is 5.45. The number of halogens is 1. The van der Waals surface area contributed by atoms with Crippen molar-refractivity contribution in [3.05, 3.63) is 59.1 Å². The zero-order valence-corrected chi connectivity index (χ0v) is 11.8. The maximum absolute atomic E-state index is 4.58. The highest BCUT2D eigenvalue weighted by molar-refractivity contribution is 9.10. The van der Waals surface area contributed by atoms with Crippen molar-refractivity contribution in [3.8, 4) is 22.0 Å². The van der Waals surface area contributed by atoms with Crippen molar-refractivity contribution >= 4 is 27.5 Å². The molecule has 0 saturated heterocycles. The van der Waals surface area contributed by atoms with Crippen molar-refractivity contribution in [2.75, 3.05) is 0 Å². The van der Waals surface area contributed by atoms with Crippen molar-refractivity contribution in [1.29, 1.82) is 0 Å². The second-order valence-electron chi connectivity index (χ2n) is 3.80. The van der Waals surface area contributed by atoms with Gasteiger partial charge in [-0.25, -0.2) is 4.98 Å². The van der Waals surface area contributed by atoms with Crippen LogP contribution in [-0.2, 0) is 0 Å². The minimum Gasteiger partial charge on any atom is -0.215 e. The third-order valence-electron chi connectivity index (χ3n) is 2.53. The number of hydrogen-bond acceptors (Lipinski definition) is 3. The highest BCUT2D eigenvalue weighted by Crippen LogP contribution is 2.26. The molecule has 3 rings (SSSR count). The summed E-state index contributed by atoms with van der Waals surface area (Å²) >= 11 is 4.89. The Balaban J connectivity index is 2.00. The smallest absolute Gasteiger partial charge is 0.173 e. The number of hydrogen-bond donors (Lipinski definition) is 0. The third-order valence-corrected chi connectivity index (χ3v) is 3.79. The van der Waals surface area contributed by atoms with E-state index in [-0.39, 0.29) is 0 Å². The van der Waals surface area contributed by atoms with Crippen LogP contribution in [0.25, 0.3) is 22.0 Å². The maximum atomic E-state index is 4.58. The fourth-order valence-corrected chi connectivity index (χ4v) is 2.75. The third kappa shape index (κ3) is 2.35. The van der Waals surface area contributed by atoms with Crippen LogP contribution in [0.5, 0.6) is 0 Å². The summed E-state index contributed by atoms with van der Waals surface area (Å²) in [6.45, 7) is 0. The monoisotopic (exact) mass is 316 g/mol. The van der Waals surface area contributed by atoms with E-state index in [9.17, 15) is 0 Å². The van der Waals surface area contributed by atoms with Crippen LogP contribution in [0, 0.1) is 0 Å². The average Bonchev–Trinajstić information content (AvgIpc) is 2.89. The fourth-order valence-electron chi connectivity index (χ4n) is 1.67. The lowest BCUT2D eigenvalue weighted by atomic mass is 10.2. The number of rotatable bonds is 2. The quantitative estimate of drug-likeness (QED) is 0.688. The van der Waals surface area contributed by atoms with Crippen LogP contribution in [0.4, 0.5) is 0 Å². The largest absolute Gasteiger partial charge is 0.215 e. The lowest BCUT2D eigenvalue weighted by Crippen LogP contribution is -1.81. The molecule has 0 aliphatic carbocycles. The Bertz CT molecular complexity index is 664. The van der Waals surface area contributed by atoms with Crippen LogP contribution < -0.4 is 0 Å². The molecule has 1 aromatic heterocycles. The number of nitrogens with zero attached hydrogens (tertiary/aromatic N) is 2. The van der Waals surface area contributed by atoms with Gasteiger partial charge in [-0.1, -0.05) is 58.4 Å². The van der Waals surface area contributed by atoms with Gasteiger partial charge in [0.25, 0.3) is 0 Å². The van der Waals surface area contributed by atoms with E-state index in [1.165, 1.54) is 11.5 Å². The molecule has 0 bridgehead atoms. The normalized spacial score (nSPS) is 10.5. The molecule has 2 nitrogen and oxygen atoms in total. The van der Waals surface area contributed by atoms with E-state index >= 15 is 0 Å². The molecule has 0 spiro atoms. The highest BCUT2D eigenvalue weighted by atomic mass is 79.9. The van der Waals surface area contributed by atoms with Crippen LogP contribution in [0.3, 0.4) is 0 Å². The summed E-state index contributed by atoms with van der Waals surface area (Å²) in [6.07, 6.45) is 0. The van der Waals surface area contributed by atoms with Crippen LogP contribution >= 0.6 is 27.5 Å². The first kappa shape index (κ1) is 11.6. The standard InChI is InChI=1S/C14H9BrN2S/c15-12-8-4-7-11(9-12)13-16-14(18-17-13)10-5-2-1-3-6-10/h1-9H. The van der Waals surface area contributed by atoms with E-state index < -0.39 is 0 Å². The molecule has 3 aromatic rings. The van der Waals surface area contributed by atoms with E-state index in [0.717, 1.165) is 26.4 Å². The first-order chi connectivity index (χ1) is 8.83. The molecule has 0 radical (unpaired) electrons. The van der Waals surface area contributed by atoms with Gasteiger partial charge in [-0.05, 0) is 23.7 Å². The van der Waals surface area contributed by atoms with E-state index in [1.54, 1.807) is 0 Å². The lowest BCUT2D eigenvalue weighted by molar-refractivity contribution is 1.32. The molecule has 0 atom stereocenters. The Kier molecular flexibility index (Phi) is 3.21. The van der Waals surface area contributed by atoms with Gasteiger partial charge in [0, 0.05) is 15.6 Å². The van der Waals surface area contributed by atoms with Gasteiger partial charge in [-0.15, -0.1) is 0 Å². The summed E-state index contributed by atoms with van der Waals surface area (Å²) in [5, 5.41) is 0.950. The summed E-state index contributed by atoms with van der Waals surface area (Å²) in [5.41, 5.74) is 2.14. The molecule has 0 unspecified atom stereocenters. The van der Waals surface area contributed by atoms with Crippen LogP contribution in [0.2, 0.25) is 0 Å². The van der Waals surface area contributed by atoms with Gasteiger partial charge in [0.15, 0.2) is 5.82 Å². The maximum Gasteiger partial charge on any atom is 0.173 e. The summed E-state index contributed by atoms with van der Waals surface area (Å²) in [6, 6.07) is 18.1. The van der Waals surface area contributed by atoms with Crippen molar-refractivity contribution in [1.82, 2.24) is 9.36 Å². The van der Waals surface area contributed by atoms with Gasteiger partial charge in [0.05, 0.1) is 0 Å². The first-order valence-electron chi connectivity index (χ1n) is 5.48. The summed E-state index contributed by atoms with van der Waals surface area (Å²) in [7, 11) is 0. The molecule has 0 aliphatic heterocycles. The number of benzene rings is 2. The summed E-state index contributed by atoms with van der Waals surface area (Å²) in [5.74, 6) is 0.778. The van der Waals surface area contributed by atoms with Crippen molar-refractivity contribution in [3.63, 3.8) is 0 Å². The molecular formula is C14H9BrN2S. The molecule has 4 heteroatoms. The van der Waals surface area contributed by atoms with E-state index in [2.05, 4.69) is 25.3 Å². The fraction of sp³-hybridized carbons (Fsp3) is 0. The Hall–Kier alpha value is -1.52. The molecule has 0 amide bonds. The first-order valence-corrected chi connectivity index (χ1v) is 7.04. The van der Waals surface area contributed by atoms with Crippen LogP contribution in [0.1, 0.15) is 0 Å². The Morgan fingerprint density at radius 3 is 2.44 bits per heavy atom. The predicted octanol–water partition coefficient (Wildman–Crippen LogP) is 4.63. The zero-order valence-electron chi connectivity index (χ0n) is 9.38. The second kappa shape index (κ2) is 5.00. The molecule has 0 aliphatic rings. The molecule has 2 aromatic carbocycles. The topological polar surface area (TPSA) is 25.8 Å². The molecule has 88 valence electrons. The van der Waals surface area contributed by atoms with Crippen molar-refractivity contribution in [2.24, 2.45) is 0 Å². The minimum atomic E-state index is 0.778. The molecular weight excluding hydrogens is 308 g/mol. The number of aromatic nitrogens is 2. The highest BCUT2D eigenvalue weighted by Gasteiger charge is 2.08.